The van der Waals surface area contributed by atoms with Crippen molar-refractivity contribution in [2.75, 3.05) is 11.9 Å². The van der Waals surface area contributed by atoms with Crippen LogP contribution in [0.1, 0.15) is 36.7 Å². The van der Waals surface area contributed by atoms with Gasteiger partial charge in [0.2, 0.25) is 0 Å². The van der Waals surface area contributed by atoms with Crippen LogP contribution in [0.15, 0.2) is 30.9 Å². The fourth-order valence-corrected chi connectivity index (χ4v) is 1.56. The van der Waals surface area contributed by atoms with Crippen LogP contribution in [0.2, 0.25) is 0 Å². The van der Waals surface area contributed by atoms with Gasteiger partial charge in [-0.05, 0) is 45.4 Å². The van der Waals surface area contributed by atoms with Crippen LogP contribution < -0.4 is 5.32 Å². The lowest BCUT2D eigenvalue weighted by atomic mass is 10.1. The number of benzene rings is 1. The maximum atomic E-state index is 12.0. The molecule has 0 unspecified atom stereocenters. The Labute approximate surface area is 109 Å². The summed E-state index contributed by atoms with van der Waals surface area (Å²) in [6, 6.07) is 5.56. The quantitative estimate of drug-likeness (QED) is 0.653. The number of esters is 1. The van der Waals surface area contributed by atoms with Gasteiger partial charge in [-0.15, -0.1) is 6.58 Å². The highest BCUT2D eigenvalue weighted by molar-refractivity contribution is 5.93. The maximum absolute atomic E-state index is 12.0. The first-order valence-electron chi connectivity index (χ1n) is 6.03. The van der Waals surface area contributed by atoms with Crippen LogP contribution in [0.5, 0.6) is 0 Å². The minimum Gasteiger partial charge on any atom is -0.456 e. The molecule has 0 saturated heterocycles. The Hall–Kier alpha value is -1.77. The van der Waals surface area contributed by atoms with Gasteiger partial charge in [-0.1, -0.05) is 12.1 Å². The molecule has 1 aromatic carbocycles. The normalized spacial score (nSPS) is 10.9. The minimum atomic E-state index is -0.478. The monoisotopic (exact) mass is 247 g/mol. The first-order chi connectivity index (χ1) is 8.35. The molecule has 1 aromatic rings. The number of nitrogens with one attached hydrogen (secondary N) is 1. The summed E-state index contributed by atoms with van der Waals surface area (Å²) >= 11 is 0. The average molecular weight is 247 g/mol. The van der Waals surface area contributed by atoms with E-state index in [0.29, 0.717) is 12.1 Å². The van der Waals surface area contributed by atoms with Crippen LogP contribution in [0.4, 0.5) is 5.69 Å². The molecule has 0 amide bonds. The van der Waals surface area contributed by atoms with Gasteiger partial charge in [0.15, 0.2) is 0 Å². The van der Waals surface area contributed by atoms with Gasteiger partial charge >= 0.3 is 5.97 Å². The van der Waals surface area contributed by atoms with Crippen molar-refractivity contribution in [1.29, 1.82) is 0 Å². The second-order valence-corrected chi connectivity index (χ2v) is 5.15. The van der Waals surface area contributed by atoms with Crippen LogP contribution in [-0.4, -0.2) is 18.1 Å². The number of hydrogen-bond acceptors (Lipinski definition) is 3. The molecule has 0 spiro atoms. The first kappa shape index (κ1) is 14.3. The van der Waals surface area contributed by atoms with E-state index in [4.69, 9.17) is 4.74 Å². The molecular formula is C15H21NO2. The van der Waals surface area contributed by atoms with Gasteiger partial charge in [-0.25, -0.2) is 4.79 Å². The second-order valence-electron chi connectivity index (χ2n) is 5.15. The highest BCUT2D eigenvalue weighted by Crippen LogP contribution is 2.21. The van der Waals surface area contributed by atoms with E-state index in [0.717, 1.165) is 11.3 Å². The Morgan fingerprint density at radius 1 is 1.44 bits per heavy atom. The summed E-state index contributed by atoms with van der Waals surface area (Å²) in [5.74, 6) is -0.290. The Morgan fingerprint density at radius 2 is 2.11 bits per heavy atom. The van der Waals surface area contributed by atoms with E-state index >= 15 is 0 Å². The summed E-state index contributed by atoms with van der Waals surface area (Å²) in [5, 5.41) is 3.19. The van der Waals surface area contributed by atoms with Crippen molar-refractivity contribution in [1.82, 2.24) is 0 Å². The molecular weight excluding hydrogens is 226 g/mol. The molecule has 0 aliphatic heterocycles. The predicted molar refractivity (Wildman–Crippen MR) is 75.0 cm³/mol. The fraction of sp³-hybridized carbons (Fsp3) is 0.400. The molecule has 0 radical (unpaired) electrons. The third kappa shape index (κ3) is 3.91. The number of carbonyl (C=O) groups excluding carboxylic acids is 1. The standard InChI is InChI=1S/C15H21NO2/c1-6-10-16-13-9-7-8-12(11(13)2)14(17)18-15(3,4)5/h6-9,16H,1,10H2,2-5H3. The fourth-order valence-electron chi connectivity index (χ4n) is 1.56. The molecule has 1 rings (SSSR count). The van der Waals surface area contributed by atoms with E-state index in [2.05, 4.69) is 11.9 Å². The average Bonchev–Trinajstić information content (AvgIpc) is 2.25. The molecule has 0 saturated carbocycles. The van der Waals surface area contributed by atoms with E-state index in [1.165, 1.54) is 0 Å². The van der Waals surface area contributed by atoms with Crippen molar-refractivity contribution >= 4 is 11.7 Å². The smallest absolute Gasteiger partial charge is 0.338 e. The molecule has 0 aromatic heterocycles. The largest absolute Gasteiger partial charge is 0.456 e. The zero-order valence-corrected chi connectivity index (χ0v) is 11.5. The minimum absolute atomic E-state index is 0.290. The Kier molecular flexibility index (Phi) is 4.54. The van der Waals surface area contributed by atoms with Gasteiger partial charge in [-0.3, -0.25) is 0 Å². The molecule has 0 atom stereocenters. The third-order valence-electron chi connectivity index (χ3n) is 2.39. The Balaban J connectivity index is 2.96. The molecule has 0 aliphatic carbocycles. The van der Waals surface area contributed by atoms with Crippen LogP contribution in [0.25, 0.3) is 0 Å². The van der Waals surface area contributed by atoms with Crippen molar-refractivity contribution in [3.05, 3.63) is 42.0 Å². The SMILES string of the molecule is C=CCNc1cccc(C(=O)OC(C)(C)C)c1C. The molecule has 0 fully saturated rings. The molecule has 0 aliphatic rings. The van der Waals surface area contributed by atoms with E-state index in [9.17, 15) is 4.79 Å². The maximum Gasteiger partial charge on any atom is 0.338 e. The van der Waals surface area contributed by atoms with Crippen LogP contribution in [-0.2, 0) is 4.74 Å². The Bertz CT molecular complexity index is 444. The number of anilines is 1. The van der Waals surface area contributed by atoms with E-state index in [1.54, 1.807) is 12.1 Å². The molecule has 3 nitrogen and oxygen atoms in total. The molecule has 1 N–H and O–H groups in total. The second kappa shape index (κ2) is 5.71. The van der Waals surface area contributed by atoms with Crippen LogP contribution in [0.3, 0.4) is 0 Å². The lowest BCUT2D eigenvalue weighted by molar-refractivity contribution is 0.00688. The zero-order valence-electron chi connectivity index (χ0n) is 11.5. The van der Waals surface area contributed by atoms with E-state index < -0.39 is 5.60 Å². The summed E-state index contributed by atoms with van der Waals surface area (Å²) in [6.45, 7) is 11.8. The highest BCUT2D eigenvalue weighted by atomic mass is 16.6. The van der Waals surface area contributed by atoms with Gasteiger partial charge in [0.1, 0.15) is 5.60 Å². The van der Waals surface area contributed by atoms with Gasteiger partial charge in [0.05, 0.1) is 5.56 Å². The predicted octanol–water partition coefficient (Wildman–Crippen LogP) is 3.55. The van der Waals surface area contributed by atoms with Gasteiger partial charge in [-0.2, -0.15) is 0 Å². The molecule has 0 heterocycles. The lowest BCUT2D eigenvalue weighted by Gasteiger charge is -2.20. The van der Waals surface area contributed by atoms with E-state index in [-0.39, 0.29) is 5.97 Å². The summed E-state index contributed by atoms with van der Waals surface area (Å²) in [4.78, 5) is 12.0. The highest BCUT2D eigenvalue weighted by Gasteiger charge is 2.19. The van der Waals surface area contributed by atoms with Crippen LogP contribution in [0, 0.1) is 6.92 Å². The lowest BCUT2D eigenvalue weighted by Crippen LogP contribution is -2.24. The molecule has 18 heavy (non-hydrogen) atoms. The third-order valence-corrected chi connectivity index (χ3v) is 2.39. The van der Waals surface area contributed by atoms with Gasteiger partial charge in [0.25, 0.3) is 0 Å². The van der Waals surface area contributed by atoms with Gasteiger partial charge < -0.3 is 10.1 Å². The Morgan fingerprint density at radius 3 is 2.67 bits per heavy atom. The summed E-state index contributed by atoms with van der Waals surface area (Å²) in [6.07, 6.45) is 1.78. The summed E-state index contributed by atoms with van der Waals surface area (Å²) in [5.41, 5.74) is 1.94. The summed E-state index contributed by atoms with van der Waals surface area (Å²) < 4.78 is 5.38. The topological polar surface area (TPSA) is 38.3 Å². The van der Waals surface area contributed by atoms with Crippen molar-refractivity contribution < 1.29 is 9.53 Å². The zero-order chi connectivity index (χ0) is 13.8. The van der Waals surface area contributed by atoms with Gasteiger partial charge in [0, 0.05) is 12.2 Å². The number of rotatable bonds is 4. The number of carbonyl (C=O) groups is 1. The number of ether oxygens (including phenoxy) is 1. The number of hydrogen-bond donors (Lipinski definition) is 1. The summed E-state index contributed by atoms with van der Waals surface area (Å²) in [7, 11) is 0. The molecule has 0 bridgehead atoms. The molecule has 98 valence electrons. The van der Waals surface area contributed by atoms with Crippen molar-refractivity contribution in [3.63, 3.8) is 0 Å². The first-order valence-corrected chi connectivity index (χ1v) is 6.03. The molecule has 3 heteroatoms. The van der Waals surface area contributed by atoms with Crippen LogP contribution >= 0.6 is 0 Å². The van der Waals surface area contributed by atoms with Crippen molar-refractivity contribution in [3.8, 4) is 0 Å². The van der Waals surface area contributed by atoms with Crippen molar-refractivity contribution in [2.24, 2.45) is 0 Å². The van der Waals surface area contributed by atoms with Crippen molar-refractivity contribution in [2.45, 2.75) is 33.3 Å². The van der Waals surface area contributed by atoms with E-state index in [1.807, 2.05) is 39.8 Å².